The normalized spacial score (nSPS) is 29.7. The van der Waals surface area contributed by atoms with Gasteiger partial charge in [-0.25, -0.2) is 4.79 Å². The standard InChI is InChI=1S/C13H12N2O4/c16-10-7-4-2-1-3-6(7)5-8(10)9-11(17)14-13(19)15-12(9)18/h1-4,8-9,11,17H,5H2,(H2,14,15,18,19). The molecule has 3 amide bonds. The predicted octanol–water partition coefficient (Wildman–Crippen LogP) is -0.184. The summed E-state index contributed by atoms with van der Waals surface area (Å²) in [5.74, 6) is -2.35. The second-order valence-electron chi connectivity index (χ2n) is 4.77. The number of hydrogen-bond donors (Lipinski definition) is 3. The maximum atomic E-state index is 12.3. The Morgan fingerprint density at radius 3 is 2.58 bits per heavy atom. The second-order valence-corrected chi connectivity index (χ2v) is 4.77. The summed E-state index contributed by atoms with van der Waals surface area (Å²) in [6.45, 7) is 0. The number of ketones is 1. The van der Waals surface area contributed by atoms with E-state index in [0.717, 1.165) is 5.56 Å². The molecule has 1 saturated heterocycles. The molecule has 3 N–H and O–H groups in total. The molecule has 3 rings (SSSR count). The molecule has 1 aliphatic heterocycles. The highest BCUT2D eigenvalue weighted by Gasteiger charge is 2.46. The van der Waals surface area contributed by atoms with Gasteiger partial charge in [0.05, 0.1) is 5.92 Å². The fraction of sp³-hybridized carbons (Fsp3) is 0.308. The zero-order chi connectivity index (χ0) is 13.6. The summed E-state index contributed by atoms with van der Waals surface area (Å²) in [4.78, 5) is 35.1. The lowest BCUT2D eigenvalue weighted by Crippen LogP contribution is -2.60. The minimum atomic E-state index is -1.33. The number of carbonyl (C=O) groups excluding carboxylic acids is 3. The van der Waals surface area contributed by atoms with Gasteiger partial charge in [0.1, 0.15) is 6.23 Å². The van der Waals surface area contributed by atoms with Crippen LogP contribution >= 0.6 is 0 Å². The van der Waals surface area contributed by atoms with Gasteiger partial charge >= 0.3 is 6.03 Å². The number of imide groups is 1. The summed E-state index contributed by atoms with van der Waals surface area (Å²) in [5, 5.41) is 14.1. The van der Waals surface area contributed by atoms with Gasteiger partial charge in [0, 0.05) is 11.5 Å². The molecule has 6 nitrogen and oxygen atoms in total. The Labute approximate surface area is 108 Å². The van der Waals surface area contributed by atoms with Crippen LogP contribution in [0.2, 0.25) is 0 Å². The summed E-state index contributed by atoms with van der Waals surface area (Å²) < 4.78 is 0. The maximum Gasteiger partial charge on any atom is 0.323 e. The van der Waals surface area contributed by atoms with Gasteiger partial charge in [-0.15, -0.1) is 0 Å². The van der Waals surface area contributed by atoms with Crippen molar-refractivity contribution in [1.82, 2.24) is 10.6 Å². The molecular weight excluding hydrogens is 248 g/mol. The van der Waals surface area contributed by atoms with Gasteiger partial charge in [-0.2, -0.15) is 0 Å². The van der Waals surface area contributed by atoms with E-state index in [-0.39, 0.29) is 5.78 Å². The van der Waals surface area contributed by atoms with E-state index in [1.807, 2.05) is 12.1 Å². The van der Waals surface area contributed by atoms with Crippen LogP contribution in [0.15, 0.2) is 24.3 Å². The Hall–Kier alpha value is -2.21. The average molecular weight is 260 g/mol. The predicted molar refractivity (Wildman–Crippen MR) is 64.1 cm³/mol. The van der Waals surface area contributed by atoms with Crippen LogP contribution in [-0.2, 0) is 11.2 Å². The molecular formula is C13H12N2O4. The quantitative estimate of drug-likeness (QED) is 0.652. The molecule has 0 bridgehead atoms. The van der Waals surface area contributed by atoms with Gasteiger partial charge in [0.15, 0.2) is 5.78 Å². The van der Waals surface area contributed by atoms with Crippen molar-refractivity contribution < 1.29 is 19.5 Å². The van der Waals surface area contributed by atoms with E-state index in [4.69, 9.17) is 0 Å². The van der Waals surface area contributed by atoms with E-state index >= 15 is 0 Å². The van der Waals surface area contributed by atoms with E-state index in [1.54, 1.807) is 12.1 Å². The Morgan fingerprint density at radius 2 is 1.89 bits per heavy atom. The number of rotatable bonds is 1. The third-order valence-electron chi connectivity index (χ3n) is 3.65. The van der Waals surface area contributed by atoms with E-state index in [2.05, 4.69) is 10.6 Å². The number of fused-ring (bicyclic) bond motifs is 1. The number of amides is 3. The van der Waals surface area contributed by atoms with Gasteiger partial charge in [-0.1, -0.05) is 24.3 Å². The van der Waals surface area contributed by atoms with Crippen LogP contribution in [0.4, 0.5) is 4.79 Å². The van der Waals surface area contributed by atoms with Gasteiger partial charge in [-0.05, 0) is 12.0 Å². The van der Waals surface area contributed by atoms with Gasteiger partial charge < -0.3 is 10.4 Å². The number of Topliss-reactive ketones (excluding diaryl/α,β-unsaturated/α-hetero) is 1. The van der Waals surface area contributed by atoms with Crippen LogP contribution in [-0.4, -0.2) is 29.1 Å². The minimum absolute atomic E-state index is 0.161. The first-order valence-electron chi connectivity index (χ1n) is 5.99. The molecule has 0 saturated carbocycles. The van der Waals surface area contributed by atoms with Crippen LogP contribution in [0.1, 0.15) is 15.9 Å². The Morgan fingerprint density at radius 1 is 1.16 bits per heavy atom. The summed E-state index contributed by atoms with van der Waals surface area (Å²) in [6, 6.07) is 6.39. The van der Waals surface area contributed by atoms with Crippen LogP contribution < -0.4 is 10.6 Å². The number of carbonyl (C=O) groups is 3. The highest BCUT2D eigenvalue weighted by atomic mass is 16.3. The molecule has 0 radical (unpaired) electrons. The molecule has 0 aromatic heterocycles. The lowest BCUT2D eigenvalue weighted by molar-refractivity contribution is -0.131. The number of benzene rings is 1. The van der Waals surface area contributed by atoms with Crippen LogP contribution in [0, 0.1) is 11.8 Å². The van der Waals surface area contributed by atoms with Crippen LogP contribution in [0.3, 0.4) is 0 Å². The van der Waals surface area contributed by atoms with E-state index < -0.39 is 30.0 Å². The summed E-state index contributed by atoms with van der Waals surface area (Å²) in [6.07, 6.45) is -0.926. The molecule has 2 aliphatic rings. The second kappa shape index (κ2) is 4.17. The number of nitrogens with one attached hydrogen (secondary N) is 2. The number of hydrogen-bond acceptors (Lipinski definition) is 4. The summed E-state index contributed by atoms with van der Waals surface area (Å²) in [7, 11) is 0. The maximum absolute atomic E-state index is 12.3. The zero-order valence-electron chi connectivity index (χ0n) is 9.92. The van der Waals surface area contributed by atoms with Crippen molar-refractivity contribution >= 4 is 17.7 Å². The molecule has 1 aliphatic carbocycles. The molecule has 3 unspecified atom stereocenters. The number of urea groups is 1. The Balaban J connectivity index is 1.91. The van der Waals surface area contributed by atoms with Crippen molar-refractivity contribution in [2.45, 2.75) is 12.6 Å². The highest BCUT2D eigenvalue weighted by Crippen LogP contribution is 2.33. The number of aliphatic hydroxyl groups excluding tert-OH is 1. The fourth-order valence-electron chi connectivity index (χ4n) is 2.76. The summed E-state index contributed by atoms with van der Waals surface area (Å²) in [5.41, 5.74) is 1.46. The third-order valence-corrected chi connectivity index (χ3v) is 3.65. The molecule has 3 atom stereocenters. The number of aliphatic hydroxyl groups is 1. The molecule has 0 spiro atoms. The third kappa shape index (κ3) is 1.80. The first kappa shape index (κ1) is 11.9. The lowest BCUT2D eigenvalue weighted by atomic mass is 9.85. The van der Waals surface area contributed by atoms with Crippen molar-refractivity contribution in [2.75, 3.05) is 0 Å². The van der Waals surface area contributed by atoms with Crippen molar-refractivity contribution in [2.24, 2.45) is 11.8 Å². The topological polar surface area (TPSA) is 95.5 Å². The Kier molecular flexibility index (Phi) is 2.60. The zero-order valence-corrected chi connectivity index (χ0v) is 9.92. The van der Waals surface area contributed by atoms with Crippen LogP contribution in [0.5, 0.6) is 0 Å². The van der Waals surface area contributed by atoms with E-state index in [1.165, 1.54) is 0 Å². The molecule has 19 heavy (non-hydrogen) atoms. The largest absolute Gasteiger partial charge is 0.373 e. The molecule has 1 fully saturated rings. The monoisotopic (exact) mass is 260 g/mol. The molecule has 6 heteroatoms. The lowest BCUT2D eigenvalue weighted by Gasteiger charge is -2.30. The van der Waals surface area contributed by atoms with Crippen molar-refractivity contribution in [3.63, 3.8) is 0 Å². The van der Waals surface area contributed by atoms with Crippen LogP contribution in [0.25, 0.3) is 0 Å². The summed E-state index contributed by atoms with van der Waals surface area (Å²) >= 11 is 0. The first-order valence-corrected chi connectivity index (χ1v) is 5.99. The molecule has 1 aromatic rings. The molecule has 1 aromatic carbocycles. The van der Waals surface area contributed by atoms with E-state index in [0.29, 0.717) is 12.0 Å². The highest BCUT2D eigenvalue weighted by molar-refractivity contribution is 6.07. The van der Waals surface area contributed by atoms with Crippen molar-refractivity contribution in [3.05, 3.63) is 35.4 Å². The van der Waals surface area contributed by atoms with Crippen molar-refractivity contribution in [1.29, 1.82) is 0 Å². The fourth-order valence-corrected chi connectivity index (χ4v) is 2.76. The van der Waals surface area contributed by atoms with E-state index in [9.17, 15) is 19.5 Å². The average Bonchev–Trinajstić information content (AvgIpc) is 2.66. The Bertz CT molecular complexity index is 584. The van der Waals surface area contributed by atoms with Crippen molar-refractivity contribution in [3.8, 4) is 0 Å². The minimum Gasteiger partial charge on any atom is -0.373 e. The first-order chi connectivity index (χ1) is 9.08. The SMILES string of the molecule is O=C1NC(=O)C(C2Cc3ccccc3C2=O)C(O)N1. The smallest absolute Gasteiger partial charge is 0.323 e. The molecule has 1 heterocycles. The van der Waals surface area contributed by atoms with Gasteiger partial charge in [0.2, 0.25) is 5.91 Å². The molecule has 98 valence electrons. The van der Waals surface area contributed by atoms with Gasteiger partial charge in [0.25, 0.3) is 0 Å². The van der Waals surface area contributed by atoms with Gasteiger partial charge in [-0.3, -0.25) is 14.9 Å².